The number of aromatic amines is 1. The topological polar surface area (TPSA) is 69.8 Å². The van der Waals surface area contributed by atoms with Crippen LogP contribution in [-0.4, -0.2) is 34.5 Å². The van der Waals surface area contributed by atoms with Crippen molar-refractivity contribution >= 4 is 17.7 Å². The Bertz CT molecular complexity index is 655. The van der Waals surface area contributed by atoms with Crippen molar-refractivity contribution in [3.8, 4) is 0 Å². The van der Waals surface area contributed by atoms with Crippen molar-refractivity contribution in [1.29, 1.82) is 0 Å². The van der Waals surface area contributed by atoms with Crippen molar-refractivity contribution in [2.24, 2.45) is 5.92 Å². The van der Waals surface area contributed by atoms with Crippen LogP contribution in [0.5, 0.6) is 0 Å². The zero-order chi connectivity index (χ0) is 14.9. The molecule has 22 heavy (non-hydrogen) atoms. The average molecular weight is 314 g/mol. The highest BCUT2D eigenvalue weighted by molar-refractivity contribution is 7.99. The SMILES string of the molecule is O=C(NC1CC2CC1CN2)c1ccc(Sc2cnc[nH]2)cc1. The number of H-pyrrole nitrogens is 1. The summed E-state index contributed by atoms with van der Waals surface area (Å²) < 4.78 is 0. The Balaban J connectivity index is 1.38. The van der Waals surface area contributed by atoms with Crippen molar-refractivity contribution in [2.45, 2.75) is 34.8 Å². The number of benzene rings is 1. The molecule has 1 aromatic heterocycles. The molecule has 1 aliphatic heterocycles. The van der Waals surface area contributed by atoms with Crippen molar-refractivity contribution in [3.63, 3.8) is 0 Å². The first kappa shape index (κ1) is 13.8. The van der Waals surface area contributed by atoms with E-state index >= 15 is 0 Å². The Labute approximate surface area is 133 Å². The zero-order valence-corrected chi connectivity index (χ0v) is 12.9. The summed E-state index contributed by atoms with van der Waals surface area (Å²) in [6, 6.07) is 8.66. The summed E-state index contributed by atoms with van der Waals surface area (Å²) in [6.45, 7) is 1.04. The van der Waals surface area contributed by atoms with Gasteiger partial charge in [-0.2, -0.15) is 0 Å². The molecule has 2 heterocycles. The van der Waals surface area contributed by atoms with Crippen LogP contribution in [0.1, 0.15) is 23.2 Å². The smallest absolute Gasteiger partial charge is 0.251 e. The van der Waals surface area contributed by atoms with Gasteiger partial charge in [0.05, 0.1) is 17.6 Å². The van der Waals surface area contributed by atoms with Crippen LogP contribution in [-0.2, 0) is 0 Å². The average Bonchev–Trinajstić information content (AvgIpc) is 3.25. The second-order valence-electron chi connectivity index (χ2n) is 5.96. The molecular weight excluding hydrogens is 296 g/mol. The highest BCUT2D eigenvalue weighted by Crippen LogP contribution is 2.31. The van der Waals surface area contributed by atoms with Gasteiger partial charge in [-0.1, -0.05) is 11.8 Å². The fourth-order valence-electron chi connectivity index (χ4n) is 3.36. The van der Waals surface area contributed by atoms with Crippen molar-refractivity contribution < 1.29 is 4.79 Å². The summed E-state index contributed by atoms with van der Waals surface area (Å²) in [5.74, 6) is 0.639. The maximum absolute atomic E-state index is 12.4. The van der Waals surface area contributed by atoms with E-state index < -0.39 is 0 Å². The Morgan fingerprint density at radius 2 is 2.14 bits per heavy atom. The molecule has 1 saturated heterocycles. The molecular formula is C16H18N4OS. The first-order valence-electron chi connectivity index (χ1n) is 7.58. The summed E-state index contributed by atoms with van der Waals surface area (Å²) in [5.41, 5.74) is 0.727. The minimum atomic E-state index is 0.0376. The number of rotatable bonds is 4. The van der Waals surface area contributed by atoms with Crippen LogP contribution >= 0.6 is 11.8 Å². The number of nitrogens with one attached hydrogen (secondary N) is 3. The van der Waals surface area contributed by atoms with Gasteiger partial charge in [0, 0.05) is 29.1 Å². The molecule has 2 bridgehead atoms. The molecule has 1 amide bonds. The van der Waals surface area contributed by atoms with Gasteiger partial charge in [0.25, 0.3) is 5.91 Å². The van der Waals surface area contributed by atoms with Gasteiger partial charge in [0.1, 0.15) is 0 Å². The number of nitrogens with zero attached hydrogens (tertiary/aromatic N) is 1. The number of fused-ring (bicyclic) bond motifs is 2. The van der Waals surface area contributed by atoms with Gasteiger partial charge in [0.2, 0.25) is 0 Å². The van der Waals surface area contributed by atoms with Crippen LogP contribution in [0.3, 0.4) is 0 Å². The first-order valence-corrected chi connectivity index (χ1v) is 8.40. The fraction of sp³-hybridized carbons (Fsp3) is 0.375. The van der Waals surface area contributed by atoms with Gasteiger partial charge in [-0.3, -0.25) is 4.79 Å². The third kappa shape index (κ3) is 2.76. The van der Waals surface area contributed by atoms with Crippen LogP contribution in [0.25, 0.3) is 0 Å². The summed E-state index contributed by atoms with van der Waals surface area (Å²) in [6.07, 6.45) is 5.71. The van der Waals surface area contributed by atoms with E-state index in [0.717, 1.165) is 28.5 Å². The Morgan fingerprint density at radius 3 is 2.77 bits per heavy atom. The van der Waals surface area contributed by atoms with E-state index in [1.54, 1.807) is 24.3 Å². The number of carbonyl (C=O) groups excluding carboxylic acids is 1. The number of imidazole rings is 1. The number of piperidine rings is 1. The lowest BCUT2D eigenvalue weighted by atomic mass is 10.0. The highest BCUT2D eigenvalue weighted by Gasteiger charge is 2.39. The van der Waals surface area contributed by atoms with Gasteiger partial charge < -0.3 is 15.6 Å². The molecule has 3 atom stereocenters. The lowest BCUT2D eigenvalue weighted by Crippen LogP contribution is -2.44. The van der Waals surface area contributed by atoms with Crippen LogP contribution in [0.2, 0.25) is 0 Å². The number of carbonyl (C=O) groups is 1. The standard InChI is InChI=1S/C16H18N4OS/c21-16(20-14-6-12-5-11(14)7-18-12)10-1-3-13(4-2-10)22-15-8-17-9-19-15/h1-4,8-9,11-12,14,18H,5-7H2,(H,17,19)(H,20,21). The highest BCUT2D eigenvalue weighted by atomic mass is 32.2. The van der Waals surface area contributed by atoms with Gasteiger partial charge in [-0.05, 0) is 43.0 Å². The third-order valence-corrected chi connectivity index (χ3v) is 5.45. The van der Waals surface area contributed by atoms with E-state index in [4.69, 9.17) is 0 Å². The quantitative estimate of drug-likeness (QED) is 0.808. The van der Waals surface area contributed by atoms with Crippen LogP contribution < -0.4 is 10.6 Å². The summed E-state index contributed by atoms with van der Waals surface area (Å²) in [4.78, 5) is 20.5. The van der Waals surface area contributed by atoms with Crippen molar-refractivity contribution in [1.82, 2.24) is 20.6 Å². The Hall–Kier alpha value is -1.79. The first-order chi connectivity index (χ1) is 10.8. The van der Waals surface area contributed by atoms with Crippen LogP contribution in [0.4, 0.5) is 0 Å². The van der Waals surface area contributed by atoms with Crippen LogP contribution in [0, 0.1) is 5.92 Å². The molecule has 2 aliphatic rings. The van der Waals surface area contributed by atoms with E-state index in [-0.39, 0.29) is 5.91 Å². The van der Waals surface area contributed by atoms with E-state index in [2.05, 4.69) is 20.6 Å². The lowest BCUT2D eigenvalue weighted by molar-refractivity contribution is 0.0925. The minimum absolute atomic E-state index is 0.0376. The van der Waals surface area contributed by atoms with Gasteiger partial charge in [0.15, 0.2) is 0 Å². The predicted molar refractivity (Wildman–Crippen MR) is 84.9 cm³/mol. The summed E-state index contributed by atoms with van der Waals surface area (Å²) in [5, 5.41) is 7.65. The lowest BCUT2D eigenvalue weighted by Gasteiger charge is -2.23. The van der Waals surface area contributed by atoms with E-state index in [9.17, 15) is 4.79 Å². The number of aromatic nitrogens is 2. The number of amides is 1. The molecule has 3 unspecified atom stereocenters. The maximum atomic E-state index is 12.4. The normalized spacial score (nSPS) is 26.3. The van der Waals surface area contributed by atoms with E-state index in [1.165, 1.54) is 6.42 Å². The third-order valence-electron chi connectivity index (χ3n) is 4.50. The molecule has 5 nitrogen and oxygen atoms in total. The predicted octanol–water partition coefficient (Wildman–Crippen LogP) is 2.04. The van der Waals surface area contributed by atoms with Crippen molar-refractivity contribution in [3.05, 3.63) is 42.4 Å². The summed E-state index contributed by atoms with van der Waals surface area (Å²) in [7, 11) is 0. The molecule has 0 radical (unpaired) electrons. The second-order valence-corrected chi connectivity index (χ2v) is 7.07. The molecule has 0 spiro atoms. The largest absolute Gasteiger partial charge is 0.349 e. The molecule has 114 valence electrons. The molecule has 4 rings (SSSR count). The van der Waals surface area contributed by atoms with Crippen LogP contribution in [0.15, 0.2) is 46.7 Å². The molecule has 2 aromatic rings. The Morgan fingerprint density at radius 1 is 1.27 bits per heavy atom. The van der Waals surface area contributed by atoms with Gasteiger partial charge >= 0.3 is 0 Å². The molecule has 1 aromatic carbocycles. The number of hydrogen-bond donors (Lipinski definition) is 3. The summed E-state index contributed by atoms with van der Waals surface area (Å²) >= 11 is 1.60. The zero-order valence-electron chi connectivity index (χ0n) is 12.1. The van der Waals surface area contributed by atoms with Crippen molar-refractivity contribution in [2.75, 3.05) is 6.54 Å². The maximum Gasteiger partial charge on any atom is 0.251 e. The van der Waals surface area contributed by atoms with Gasteiger partial charge in [-0.25, -0.2) is 4.98 Å². The minimum Gasteiger partial charge on any atom is -0.349 e. The number of hydrogen-bond acceptors (Lipinski definition) is 4. The Kier molecular flexibility index (Phi) is 3.63. The second kappa shape index (κ2) is 5.78. The fourth-order valence-corrected chi connectivity index (χ4v) is 4.12. The molecule has 3 N–H and O–H groups in total. The molecule has 6 heteroatoms. The molecule has 1 aliphatic carbocycles. The monoisotopic (exact) mass is 314 g/mol. The van der Waals surface area contributed by atoms with Gasteiger partial charge in [-0.15, -0.1) is 0 Å². The van der Waals surface area contributed by atoms with E-state index in [1.807, 2.05) is 24.3 Å². The molecule has 2 fully saturated rings. The van der Waals surface area contributed by atoms with E-state index in [0.29, 0.717) is 18.0 Å². The molecule has 1 saturated carbocycles.